The highest BCUT2D eigenvalue weighted by atomic mass is 16.6. The summed E-state index contributed by atoms with van der Waals surface area (Å²) in [4.78, 5) is 27.3. The fourth-order valence-electron chi connectivity index (χ4n) is 2.56. The van der Waals surface area contributed by atoms with Crippen molar-refractivity contribution in [2.45, 2.75) is 13.0 Å². The maximum Gasteiger partial charge on any atom is 0.409 e. The third-order valence-electron chi connectivity index (χ3n) is 3.65. The Labute approximate surface area is 131 Å². The van der Waals surface area contributed by atoms with Crippen LogP contribution in [0.15, 0.2) is 24.3 Å². The van der Waals surface area contributed by atoms with Gasteiger partial charge in [0.15, 0.2) is 0 Å². The molecule has 1 aliphatic heterocycles. The first kappa shape index (κ1) is 16.3. The Balaban J connectivity index is 1.94. The van der Waals surface area contributed by atoms with Crippen LogP contribution in [0.25, 0.3) is 0 Å². The van der Waals surface area contributed by atoms with Gasteiger partial charge in [-0.25, -0.2) is 4.79 Å². The minimum absolute atomic E-state index is 0.0665. The number of hydrogen-bond acceptors (Lipinski definition) is 4. The molecule has 0 unspecified atom stereocenters. The van der Waals surface area contributed by atoms with Gasteiger partial charge in [0.25, 0.3) is 0 Å². The summed E-state index contributed by atoms with van der Waals surface area (Å²) in [5.74, 6) is -0.0665. The molecule has 2 amide bonds. The van der Waals surface area contributed by atoms with Gasteiger partial charge in [-0.1, -0.05) is 29.8 Å². The van der Waals surface area contributed by atoms with E-state index < -0.39 is 0 Å². The van der Waals surface area contributed by atoms with Crippen LogP contribution >= 0.6 is 0 Å². The van der Waals surface area contributed by atoms with Crippen molar-refractivity contribution in [2.75, 3.05) is 40.3 Å². The van der Waals surface area contributed by atoms with Crippen LogP contribution < -0.4 is 5.32 Å². The third kappa shape index (κ3) is 3.98. The molecule has 0 radical (unpaired) electrons. The molecule has 1 aromatic rings. The van der Waals surface area contributed by atoms with Crippen LogP contribution in [-0.4, -0.2) is 62.1 Å². The van der Waals surface area contributed by atoms with Gasteiger partial charge in [-0.3, -0.25) is 9.69 Å². The van der Waals surface area contributed by atoms with E-state index in [2.05, 4.69) is 5.32 Å². The molecule has 1 atom stereocenters. The number of nitrogens with zero attached hydrogens (tertiary/aromatic N) is 2. The van der Waals surface area contributed by atoms with Crippen molar-refractivity contribution in [3.05, 3.63) is 35.4 Å². The molecule has 0 saturated carbocycles. The second-order valence-corrected chi connectivity index (χ2v) is 5.67. The molecular weight excluding hydrogens is 282 g/mol. The minimum atomic E-state index is -0.342. The van der Waals surface area contributed by atoms with Crippen molar-refractivity contribution in [1.82, 2.24) is 15.1 Å². The summed E-state index contributed by atoms with van der Waals surface area (Å²) in [7, 11) is 3.76. The molecule has 0 spiro atoms. The van der Waals surface area contributed by atoms with Crippen LogP contribution in [0.3, 0.4) is 0 Å². The first-order valence-electron chi connectivity index (χ1n) is 7.41. The molecule has 120 valence electrons. The van der Waals surface area contributed by atoms with Gasteiger partial charge in [0.05, 0.1) is 6.54 Å². The summed E-state index contributed by atoms with van der Waals surface area (Å²) in [6.45, 7) is 3.91. The number of hydrogen-bond donors (Lipinski definition) is 1. The zero-order chi connectivity index (χ0) is 16.1. The second-order valence-electron chi connectivity index (χ2n) is 5.67. The fraction of sp³-hybridized carbons (Fsp3) is 0.500. The van der Waals surface area contributed by atoms with Gasteiger partial charge in [-0.2, -0.15) is 0 Å². The largest absolute Gasteiger partial charge is 0.448 e. The van der Waals surface area contributed by atoms with Crippen molar-refractivity contribution in [1.29, 1.82) is 0 Å². The smallest absolute Gasteiger partial charge is 0.409 e. The maximum absolute atomic E-state index is 12.5. The summed E-state index contributed by atoms with van der Waals surface area (Å²) >= 11 is 0. The quantitative estimate of drug-likeness (QED) is 0.857. The summed E-state index contributed by atoms with van der Waals surface area (Å²) in [5, 5.41) is 2.90. The number of cyclic esters (lactones) is 1. The Morgan fingerprint density at radius 3 is 2.82 bits per heavy atom. The molecular formula is C16H23N3O3. The fourth-order valence-corrected chi connectivity index (χ4v) is 2.56. The molecule has 1 heterocycles. The van der Waals surface area contributed by atoms with Crippen molar-refractivity contribution in [3.63, 3.8) is 0 Å². The molecule has 1 aliphatic rings. The molecule has 2 rings (SSSR count). The van der Waals surface area contributed by atoms with Crippen LogP contribution in [-0.2, 0) is 9.53 Å². The second kappa shape index (κ2) is 7.26. The standard InChI is InChI=1S/C16H23N3O3/c1-12-5-4-6-13(11-12)14(18(2)3)15(20)17-7-8-19-9-10-22-16(19)21/h4-6,11,14H,7-10H2,1-3H3,(H,17,20)/t14-/m0/s1. The Morgan fingerprint density at radius 1 is 1.45 bits per heavy atom. The average Bonchev–Trinajstić information content (AvgIpc) is 2.84. The number of carbonyl (C=O) groups excluding carboxylic acids is 2. The van der Waals surface area contributed by atoms with Crippen LogP contribution in [0.5, 0.6) is 0 Å². The minimum Gasteiger partial charge on any atom is -0.448 e. The lowest BCUT2D eigenvalue weighted by atomic mass is 10.0. The van der Waals surface area contributed by atoms with E-state index >= 15 is 0 Å². The number of benzene rings is 1. The van der Waals surface area contributed by atoms with Crippen molar-refractivity contribution < 1.29 is 14.3 Å². The van der Waals surface area contributed by atoms with Crippen LogP contribution in [0, 0.1) is 6.92 Å². The Bertz CT molecular complexity index is 545. The van der Waals surface area contributed by atoms with Gasteiger partial charge in [-0.05, 0) is 26.6 Å². The zero-order valence-corrected chi connectivity index (χ0v) is 13.3. The molecule has 0 aromatic heterocycles. The van der Waals surface area contributed by atoms with E-state index in [0.29, 0.717) is 26.2 Å². The number of rotatable bonds is 6. The zero-order valence-electron chi connectivity index (χ0n) is 13.3. The van der Waals surface area contributed by atoms with Crippen LogP contribution in [0.4, 0.5) is 4.79 Å². The molecule has 6 nitrogen and oxygen atoms in total. The predicted molar refractivity (Wildman–Crippen MR) is 83.5 cm³/mol. The lowest BCUT2D eigenvalue weighted by Crippen LogP contribution is -2.41. The van der Waals surface area contributed by atoms with Crippen LogP contribution in [0.2, 0.25) is 0 Å². The number of ether oxygens (including phenoxy) is 1. The Morgan fingerprint density at radius 2 is 2.23 bits per heavy atom. The highest BCUT2D eigenvalue weighted by Crippen LogP contribution is 2.19. The Kier molecular flexibility index (Phi) is 5.38. The highest BCUT2D eigenvalue weighted by molar-refractivity contribution is 5.83. The SMILES string of the molecule is Cc1cccc([C@@H](C(=O)NCCN2CCOC2=O)N(C)C)c1. The molecule has 1 N–H and O–H groups in total. The highest BCUT2D eigenvalue weighted by Gasteiger charge is 2.24. The molecule has 6 heteroatoms. The first-order valence-corrected chi connectivity index (χ1v) is 7.41. The third-order valence-corrected chi connectivity index (χ3v) is 3.65. The van der Waals surface area contributed by atoms with E-state index in [1.807, 2.05) is 50.2 Å². The van der Waals surface area contributed by atoms with E-state index in [4.69, 9.17) is 4.74 Å². The van der Waals surface area contributed by atoms with E-state index in [0.717, 1.165) is 11.1 Å². The van der Waals surface area contributed by atoms with E-state index in [1.165, 1.54) is 0 Å². The predicted octanol–water partition coefficient (Wildman–Crippen LogP) is 1.17. The monoisotopic (exact) mass is 305 g/mol. The lowest BCUT2D eigenvalue weighted by Gasteiger charge is -2.24. The number of nitrogens with one attached hydrogen (secondary N) is 1. The molecule has 0 aliphatic carbocycles. The molecule has 0 bridgehead atoms. The Hall–Kier alpha value is -2.08. The number of aryl methyl sites for hydroxylation is 1. The van der Waals surface area contributed by atoms with Crippen molar-refractivity contribution >= 4 is 12.0 Å². The topological polar surface area (TPSA) is 61.9 Å². The normalized spacial score (nSPS) is 15.8. The van der Waals surface area contributed by atoms with Gasteiger partial charge >= 0.3 is 6.09 Å². The number of amides is 2. The van der Waals surface area contributed by atoms with E-state index in [9.17, 15) is 9.59 Å². The van der Waals surface area contributed by atoms with Crippen molar-refractivity contribution in [3.8, 4) is 0 Å². The molecule has 1 saturated heterocycles. The lowest BCUT2D eigenvalue weighted by molar-refractivity contribution is -0.125. The van der Waals surface area contributed by atoms with E-state index in [1.54, 1.807) is 4.90 Å². The first-order chi connectivity index (χ1) is 10.5. The van der Waals surface area contributed by atoms with Crippen molar-refractivity contribution in [2.24, 2.45) is 0 Å². The van der Waals surface area contributed by atoms with Crippen LogP contribution in [0.1, 0.15) is 17.2 Å². The summed E-state index contributed by atoms with van der Waals surface area (Å²) < 4.78 is 4.86. The maximum atomic E-state index is 12.5. The number of carbonyl (C=O) groups is 2. The molecule has 1 aromatic carbocycles. The van der Waals surface area contributed by atoms with Gasteiger partial charge in [0, 0.05) is 13.1 Å². The van der Waals surface area contributed by atoms with E-state index in [-0.39, 0.29) is 18.0 Å². The van der Waals surface area contributed by atoms with Gasteiger partial charge in [0.1, 0.15) is 12.6 Å². The molecule has 1 fully saturated rings. The average molecular weight is 305 g/mol. The summed E-state index contributed by atoms with van der Waals surface area (Å²) in [5.41, 5.74) is 2.08. The van der Waals surface area contributed by atoms with Gasteiger partial charge in [0.2, 0.25) is 5.91 Å². The summed E-state index contributed by atoms with van der Waals surface area (Å²) in [6.07, 6.45) is -0.308. The number of likely N-dealkylation sites (N-methyl/N-ethyl adjacent to an activating group) is 1. The summed E-state index contributed by atoms with van der Waals surface area (Å²) in [6, 6.07) is 7.59. The van der Waals surface area contributed by atoms with Gasteiger partial charge < -0.3 is 15.0 Å². The molecule has 22 heavy (non-hydrogen) atoms. The van der Waals surface area contributed by atoms with Gasteiger partial charge in [-0.15, -0.1) is 0 Å².